The number of ketones is 1. The van der Waals surface area contributed by atoms with E-state index >= 15 is 0 Å². The molecule has 2 nitrogen and oxygen atoms in total. The number of hydrogen-bond donors (Lipinski definition) is 1. The Labute approximate surface area is 115 Å². The van der Waals surface area contributed by atoms with Crippen LogP contribution in [0, 0.1) is 0 Å². The lowest BCUT2D eigenvalue weighted by Crippen LogP contribution is -1.99. The van der Waals surface area contributed by atoms with Gasteiger partial charge in [-0.15, -0.1) is 0 Å². The smallest absolute Gasteiger partial charge is 0.162 e. The number of rotatable bonds is 8. The summed E-state index contributed by atoms with van der Waals surface area (Å²) in [6.45, 7) is 0.255. The molecule has 1 N–H and O–H groups in total. The van der Waals surface area contributed by atoms with Crippen molar-refractivity contribution >= 4 is 33.5 Å². The van der Waals surface area contributed by atoms with Crippen LogP contribution in [0.15, 0.2) is 28.7 Å². The fraction of sp³-hybridized carbons (Fsp3) is 0.462. The van der Waals surface area contributed by atoms with E-state index in [-0.39, 0.29) is 12.4 Å². The summed E-state index contributed by atoms with van der Waals surface area (Å²) < 4.78 is 0.994. The number of hydrogen-bond acceptors (Lipinski definition) is 3. The summed E-state index contributed by atoms with van der Waals surface area (Å²) in [5.74, 6) is 2.17. The van der Waals surface area contributed by atoms with E-state index in [1.54, 1.807) is 11.8 Å². The molecular formula is C13H17BrO2S. The monoisotopic (exact) mass is 316 g/mol. The molecule has 0 fully saturated rings. The Balaban J connectivity index is 2.19. The SMILES string of the molecule is O=C(CCCSCCCO)c1ccc(Br)cc1. The van der Waals surface area contributed by atoms with Gasteiger partial charge in [0.2, 0.25) is 0 Å². The minimum Gasteiger partial charge on any atom is -0.396 e. The second-order valence-electron chi connectivity index (χ2n) is 3.72. The highest BCUT2D eigenvalue weighted by Gasteiger charge is 2.04. The van der Waals surface area contributed by atoms with Crippen molar-refractivity contribution in [3.05, 3.63) is 34.3 Å². The normalized spacial score (nSPS) is 10.5. The molecule has 4 heteroatoms. The number of carbonyl (C=O) groups is 1. The van der Waals surface area contributed by atoms with Gasteiger partial charge in [0.1, 0.15) is 0 Å². The van der Waals surface area contributed by atoms with E-state index in [1.165, 1.54) is 0 Å². The summed E-state index contributed by atoms with van der Waals surface area (Å²) in [7, 11) is 0. The standard InChI is InChI=1S/C13H17BrO2S/c14-12-6-4-11(5-7-12)13(16)3-1-9-17-10-2-8-15/h4-7,15H,1-3,8-10H2. The average Bonchev–Trinajstić information content (AvgIpc) is 2.34. The van der Waals surface area contributed by atoms with Gasteiger partial charge in [0.05, 0.1) is 0 Å². The van der Waals surface area contributed by atoms with E-state index < -0.39 is 0 Å². The van der Waals surface area contributed by atoms with E-state index in [1.807, 2.05) is 24.3 Å². The van der Waals surface area contributed by atoms with Gasteiger partial charge in [0.25, 0.3) is 0 Å². The van der Waals surface area contributed by atoms with Gasteiger partial charge in [0.15, 0.2) is 5.78 Å². The van der Waals surface area contributed by atoms with Crippen LogP contribution in [-0.2, 0) is 0 Å². The van der Waals surface area contributed by atoms with Crippen molar-refractivity contribution in [1.82, 2.24) is 0 Å². The molecule has 1 rings (SSSR count). The summed E-state index contributed by atoms with van der Waals surface area (Å²) in [5, 5.41) is 8.61. The third kappa shape index (κ3) is 6.24. The first-order valence-corrected chi connectivity index (χ1v) is 7.66. The lowest BCUT2D eigenvalue weighted by atomic mass is 10.1. The number of aliphatic hydroxyl groups excluding tert-OH is 1. The zero-order valence-corrected chi connectivity index (χ0v) is 12.1. The molecule has 0 aromatic heterocycles. The molecular weight excluding hydrogens is 300 g/mol. The van der Waals surface area contributed by atoms with Crippen LogP contribution in [0.25, 0.3) is 0 Å². The van der Waals surface area contributed by atoms with Crippen molar-refractivity contribution in [2.75, 3.05) is 18.1 Å². The van der Waals surface area contributed by atoms with Gasteiger partial charge >= 0.3 is 0 Å². The highest BCUT2D eigenvalue weighted by atomic mass is 79.9. The Morgan fingerprint density at radius 2 is 1.82 bits per heavy atom. The van der Waals surface area contributed by atoms with Gasteiger partial charge < -0.3 is 5.11 Å². The van der Waals surface area contributed by atoms with Gasteiger partial charge in [-0.25, -0.2) is 0 Å². The Morgan fingerprint density at radius 1 is 1.18 bits per heavy atom. The second-order valence-corrected chi connectivity index (χ2v) is 5.86. The van der Waals surface area contributed by atoms with Crippen molar-refractivity contribution in [3.63, 3.8) is 0 Å². The Kier molecular flexibility index (Phi) is 7.56. The number of benzene rings is 1. The van der Waals surface area contributed by atoms with Crippen molar-refractivity contribution in [2.45, 2.75) is 19.3 Å². The van der Waals surface area contributed by atoms with Crippen LogP contribution >= 0.6 is 27.7 Å². The van der Waals surface area contributed by atoms with Crippen molar-refractivity contribution in [2.24, 2.45) is 0 Å². The molecule has 0 heterocycles. The Bertz CT molecular complexity index is 338. The number of thioether (sulfide) groups is 1. The number of Topliss-reactive ketones (excluding diaryl/α,β-unsaturated/α-hetero) is 1. The molecule has 0 aliphatic rings. The fourth-order valence-electron chi connectivity index (χ4n) is 1.38. The number of aliphatic hydroxyl groups is 1. The maximum atomic E-state index is 11.8. The van der Waals surface area contributed by atoms with Crippen LogP contribution < -0.4 is 0 Å². The molecule has 0 saturated carbocycles. The molecule has 0 saturated heterocycles. The Morgan fingerprint density at radius 3 is 2.47 bits per heavy atom. The van der Waals surface area contributed by atoms with Crippen LogP contribution in [0.3, 0.4) is 0 Å². The zero-order chi connectivity index (χ0) is 12.5. The first-order valence-electron chi connectivity index (χ1n) is 5.71. The molecule has 17 heavy (non-hydrogen) atoms. The van der Waals surface area contributed by atoms with Crippen LogP contribution in [0.2, 0.25) is 0 Å². The van der Waals surface area contributed by atoms with Crippen molar-refractivity contribution in [3.8, 4) is 0 Å². The van der Waals surface area contributed by atoms with E-state index in [0.717, 1.165) is 34.4 Å². The highest BCUT2D eigenvalue weighted by Crippen LogP contribution is 2.13. The van der Waals surface area contributed by atoms with Crippen LogP contribution in [0.4, 0.5) is 0 Å². The summed E-state index contributed by atoms with van der Waals surface area (Å²) in [6, 6.07) is 7.49. The third-order valence-corrected chi connectivity index (χ3v) is 3.99. The third-order valence-electron chi connectivity index (χ3n) is 2.31. The molecule has 0 aliphatic carbocycles. The van der Waals surface area contributed by atoms with Crippen LogP contribution in [0.1, 0.15) is 29.6 Å². The predicted octanol–water partition coefficient (Wildman–Crippen LogP) is 3.53. The Hall–Kier alpha value is -0.320. The fourth-order valence-corrected chi connectivity index (χ4v) is 2.53. The van der Waals surface area contributed by atoms with E-state index in [9.17, 15) is 4.79 Å². The summed E-state index contributed by atoms with van der Waals surface area (Å²) >= 11 is 5.15. The molecule has 0 atom stereocenters. The molecule has 0 unspecified atom stereocenters. The van der Waals surface area contributed by atoms with Gasteiger partial charge in [0, 0.05) is 23.1 Å². The zero-order valence-electron chi connectivity index (χ0n) is 9.69. The van der Waals surface area contributed by atoms with Gasteiger partial charge in [-0.3, -0.25) is 4.79 Å². The summed E-state index contributed by atoms with van der Waals surface area (Å²) in [6.07, 6.45) is 2.35. The maximum absolute atomic E-state index is 11.8. The van der Waals surface area contributed by atoms with Crippen LogP contribution in [-0.4, -0.2) is 29.0 Å². The molecule has 0 spiro atoms. The van der Waals surface area contributed by atoms with E-state index in [2.05, 4.69) is 15.9 Å². The second kappa shape index (κ2) is 8.72. The van der Waals surface area contributed by atoms with Gasteiger partial charge in [-0.1, -0.05) is 28.1 Å². The summed E-state index contributed by atoms with van der Waals surface area (Å²) in [5.41, 5.74) is 0.786. The molecule has 1 aromatic carbocycles. The van der Waals surface area contributed by atoms with Crippen molar-refractivity contribution < 1.29 is 9.90 Å². The molecule has 0 radical (unpaired) electrons. The topological polar surface area (TPSA) is 37.3 Å². The maximum Gasteiger partial charge on any atom is 0.162 e. The van der Waals surface area contributed by atoms with Crippen molar-refractivity contribution in [1.29, 1.82) is 0 Å². The van der Waals surface area contributed by atoms with Gasteiger partial charge in [-0.2, -0.15) is 11.8 Å². The first-order chi connectivity index (χ1) is 8.24. The summed E-state index contributed by atoms with van der Waals surface area (Å²) in [4.78, 5) is 11.8. The van der Waals surface area contributed by atoms with E-state index in [4.69, 9.17) is 5.11 Å². The molecule has 0 bridgehead atoms. The first kappa shape index (κ1) is 14.7. The lowest BCUT2D eigenvalue weighted by Gasteiger charge is -2.02. The number of halogens is 1. The molecule has 0 amide bonds. The molecule has 0 aliphatic heterocycles. The lowest BCUT2D eigenvalue weighted by molar-refractivity contribution is 0.0982. The number of carbonyl (C=O) groups excluding carboxylic acids is 1. The van der Waals surface area contributed by atoms with Gasteiger partial charge in [-0.05, 0) is 36.5 Å². The quantitative estimate of drug-likeness (QED) is 0.589. The van der Waals surface area contributed by atoms with Crippen LogP contribution in [0.5, 0.6) is 0 Å². The minimum atomic E-state index is 0.209. The van der Waals surface area contributed by atoms with E-state index in [0.29, 0.717) is 6.42 Å². The molecule has 94 valence electrons. The largest absolute Gasteiger partial charge is 0.396 e. The molecule has 1 aromatic rings. The average molecular weight is 317 g/mol. The highest BCUT2D eigenvalue weighted by molar-refractivity contribution is 9.10. The minimum absolute atomic E-state index is 0.209. The predicted molar refractivity (Wildman–Crippen MR) is 76.7 cm³/mol.